The summed E-state index contributed by atoms with van der Waals surface area (Å²) in [6, 6.07) is 5.51. The van der Waals surface area contributed by atoms with Crippen LogP contribution in [0.2, 0.25) is 0 Å². The number of rotatable bonds is 2. The summed E-state index contributed by atoms with van der Waals surface area (Å²) >= 11 is 0. The molecule has 3 atom stereocenters. The number of piperazine rings is 1. The third-order valence-corrected chi connectivity index (χ3v) is 11.0. The number of phenolic OH excluding ortho intramolecular Hbond substituents is 1. The van der Waals surface area contributed by atoms with Crippen LogP contribution >= 0.6 is 0 Å². The summed E-state index contributed by atoms with van der Waals surface area (Å²) in [6.07, 6.45) is 10.8. The first-order valence-corrected chi connectivity index (χ1v) is 17.3. The van der Waals surface area contributed by atoms with E-state index in [0.717, 1.165) is 32.4 Å². The Labute approximate surface area is 288 Å². The number of carbonyl (C=O) groups is 1. The van der Waals surface area contributed by atoms with Crippen molar-refractivity contribution < 1.29 is 28.2 Å². The van der Waals surface area contributed by atoms with Crippen molar-refractivity contribution in [3.8, 4) is 35.4 Å². The number of hydrogen-bond donors (Lipinski definition) is 3. The first-order valence-electron chi connectivity index (χ1n) is 17.3. The Hall–Kier alpha value is -4.64. The predicted octanol–water partition coefficient (Wildman–Crippen LogP) is 3.89. The molecule has 50 heavy (non-hydrogen) atoms. The zero-order valence-electron chi connectivity index (χ0n) is 27.9. The SMILES string of the molecule is C#Cc1c(F)ccc2cc(O)cc(-c3ncc4c5nc(nc4c3F)OC[C@]34CCCN3C[C@@H](C4)OCCC(=O)NC[C@@]3(CC)CN5CCN3)c12. The number of aromatic nitrogens is 3. The van der Waals surface area contributed by atoms with E-state index in [9.17, 15) is 14.3 Å². The maximum Gasteiger partial charge on any atom is 0.319 e. The van der Waals surface area contributed by atoms with Crippen LogP contribution in [0.4, 0.5) is 14.6 Å². The summed E-state index contributed by atoms with van der Waals surface area (Å²) in [5.41, 5.74) is -0.851. The molecule has 0 radical (unpaired) electrons. The summed E-state index contributed by atoms with van der Waals surface area (Å²) in [6.45, 7) is 6.36. The molecule has 11 nitrogen and oxygen atoms in total. The molecule has 3 saturated heterocycles. The van der Waals surface area contributed by atoms with Crippen molar-refractivity contribution in [2.24, 2.45) is 0 Å². The van der Waals surface area contributed by atoms with Crippen LogP contribution in [0.1, 0.15) is 44.6 Å². The second kappa shape index (κ2) is 12.6. The lowest BCUT2D eigenvalue weighted by atomic mass is 9.92. The highest BCUT2D eigenvalue weighted by Gasteiger charge is 2.49. The third kappa shape index (κ3) is 5.55. The number of benzene rings is 2. The zero-order chi connectivity index (χ0) is 34.6. The van der Waals surface area contributed by atoms with Gasteiger partial charge in [-0.05, 0) is 55.8 Å². The predicted molar refractivity (Wildman–Crippen MR) is 184 cm³/mol. The Balaban J connectivity index is 1.29. The van der Waals surface area contributed by atoms with E-state index in [0.29, 0.717) is 62.4 Å². The molecule has 2 aromatic heterocycles. The number of pyridine rings is 1. The molecule has 4 aliphatic heterocycles. The fourth-order valence-electron chi connectivity index (χ4n) is 8.34. The van der Waals surface area contributed by atoms with Crippen LogP contribution in [-0.4, -0.2) is 101 Å². The Bertz CT molecular complexity index is 2060. The number of halogens is 2. The number of hydrogen-bond acceptors (Lipinski definition) is 10. The zero-order valence-corrected chi connectivity index (χ0v) is 27.9. The number of nitrogens with one attached hydrogen (secondary N) is 2. The molecular formula is C37H39F2N7O4. The van der Waals surface area contributed by atoms with Crippen LogP contribution in [0.25, 0.3) is 32.9 Å². The minimum atomic E-state index is -0.778. The molecule has 0 saturated carbocycles. The largest absolute Gasteiger partial charge is 0.508 e. The topological polar surface area (TPSA) is 125 Å². The van der Waals surface area contributed by atoms with Gasteiger partial charge in [0.1, 0.15) is 35.2 Å². The quantitative estimate of drug-likeness (QED) is 0.268. The summed E-state index contributed by atoms with van der Waals surface area (Å²) in [5, 5.41) is 18.4. The monoisotopic (exact) mass is 683 g/mol. The van der Waals surface area contributed by atoms with Crippen molar-refractivity contribution in [2.45, 2.75) is 56.2 Å². The molecule has 4 aromatic rings. The van der Waals surface area contributed by atoms with Gasteiger partial charge in [-0.25, -0.2) is 8.78 Å². The van der Waals surface area contributed by atoms with Gasteiger partial charge in [-0.15, -0.1) is 6.42 Å². The highest BCUT2D eigenvalue weighted by atomic mass is 19.1. The number of phenols is 1. The van der Waals surface area contributed by atoms with Gasteiger partial charge in [0, 0.05) is 56.3 Å². The van der Waals surface area contributed by atoms with Crippen LogP contribution in [-0.2, 0) is 9.53 Å². The first kappa shape index (κ1) is 32.6. The molecule has 0 unspecified atom stereocenters. The molecule has 3 N–H and O–H groups in total. The smallest absolute Gasteiger partial charge is 0.319 e. The van der Waals surface area contributed by atoms with Gasteiger partial charge < -0.3 is 30.1 Å². The molecule has 8 rings (SSSR count). The lowest BCUT2D eigenvalue weighted by Gasteiger charge is -2.44. The molecule has 6 heterocycles. The minimum Gasteiger partial charge on any atom is -0.508 e. The van der Waals surface area contributed by atoms with Crippen molar-refractivity contribution in [3.05, 3.63) is 47.7 Å². The fourth-order valence-corrected chi connectivity index (χ4v) is 8.34. The lowest BCUT2D eigenvalue weighted by molar-refractivity contribution is -0.122. The molecule has 1 spiro atoms. The van der Waals surface area contributed by atoms with Gasteiger partial charge >= 0.3 is 6.01 Å². The van der Waals surface area contributed by atoms with Crippen LogP contribution in [0.3, 0.4) is 0 Å². The lowest BCUT2D eigenvalue weighted by Crippen LogP contribution is -2.65. The van der Waals surface area contributed by atoms with Crippen molar-refractivity contribution in [1.82, 2.24) is 30.5 Å². The van der Waals surface area contributed by atoms with E-state index < -0.39 is 17.2 Å². The van der Waals surface area contributed by atoms with E-state index in [1.165, 1.54) is 30.5 Å². The second-order valence-electron chi connectivity index (χ2n) is 13.9. The van der Waals surface area contributed by atoms with E-state index in [1.807, 2.05) is 0 Å². The number of aromatic hydroxyl groups is 1. The number of anilines is 1. The number of amides is 1. The molecule has 3 fully saturated rings. The van der Waals surface area contributed by atoms with Gasteiger partial charge in [-0.2, -0.15) is 9.97 Å². The normalized spacial score (nSPS) is 25.9. The maximum absolute atomic E-state index is 17.0. The van der Waals surface area contributed by atoms with Crippen LogP contribution < -0.4 is 20.3 Å². The van der Waals surface area contributed by atoms with E-state index >= 15 is 4.39 Å². The molecule has 6 bridgehead atoms. The summed E-state index contributed by atoms with van der Waals surface area (Å²) in [5.74, 6) is 1.21. The van der Waals surface area contributed by atoms with Crippen molar-refractivity contribution in [2.75, 3.05) is 57.4 Å². The molecule has 0 aliphatic carbocycles. The molecule has 13 heteroatoms. The van der Waals surface area contributed by atoms with Gasteiger partial charge in [-0.1, -0.05) is 18.9 Å². The minimum absolute atomic E-state index is 0.0228. The van der Waals surface area contributed by atoms with Gasteiger partial charge in [0.2, 0.25) is 5.91 Å². The number of nitrogens with zero attached hydrogens (tertiary/aromatic N) is 5. The van der Waals surface area contributed by atoms with Gasteiger partial charge in [-0.3, -0.25) is 14.7 Å². The number of ether oxygens (including phenoxy) is 2. The Kier molecular flexibility index (Phi) is 8.20. The maximum atomic E-state index is 17.0. The molecule has 1 amide bonds. The average molecular weight is 684 g/mol. The molecule has 2 aromatic carbocycles. The number of fused-ring (bicyclic) bond motifs is 9. The van der Waals surface area contributed by atoms with Crippen molar-refractivity contribution in [3.63, 3.8) is 0 Å². The second-order valence-corrected chi connectivity index (χ2v) is 13.9. The van der Waals surface area contributed by atoms with Crippen LogP contribution in [0, 0.1) is 24.0 Å². The summed E-state index contributed by atoms with van der Waals surface area (Å²) < 4.78 is 44.6. The average Bonchev–Trinajstić information content (AvgIpc) is 3.66. The summed E-state index contributed by atoms with van der Waals surface area (Å²) in [7, 11) is 0. The fraction of sp³-hybridized carbons (Fsp3) is 0.459. The van der Waals surface area contributed by atoms with E-state index in [2.05, 4.69) is 43.2 Å². The van der Waals surface area contributed by atoms with E-state index in [-0.39, 0.29) is 63.5 Å². The van der Waals surface area contributed by atoms with Gasteiger partial charge in [0.05, 0.1) is 34.7 Å². The van der Waals surface area contributed by atoms with E-state index in [4.69, 9.17) is 20.9 Å². The first-order chi connectivity index (χ1) is 24.2. The molecule has 260 valence electrons. The summed E-state index contributed by atoms with van der Waals surface area (Å²) in [4.78, 5) is 31.5. The van der Waals surface area contributed by atoms with Crippen molar-refractivity contribution in [1.29, 1.82) is 0 Å². The van der Waals surface area contributed by atoms with Crippen molar-refractivity contribution >= 4 is 33.4 Å². The number of carbonyl (C=O) groups excluding carboxylic acids is 1. The van der Waals surface area contributed by atoms with E-state index in [1.54, 1.807) is 0 Å². The molecular weight excluding hydrogens is 644 g/mol. The highest BCUT2D eigenvalue weighted by molar-refractivity contribution is 6.03. The third-order valence-electron chi connectivity index (χ3n) is 11.0. The highest BCUT2D eigenvalue weighted by Crippen LogP contribution is 2.42. The van der Waals surface area contributed by atoms with Crippen LogP contribution in [0.15, 0.2) is 30.5 Å². The Morgan fingerprint density at radius 2 is 2.10 bits per heavy atom. The Morgan fingerprint density at radius 1 is 1.22 bits per heavy atom. The van der Waals surface area contributed by atoms with Gasteiger partial charge in [0.25, 0.3) is 0 Å². The van der Waals surface area contributed by atoms with Crippen LogP contribution in [0.5, 0.6) is 11.8 Å². The van der Waals surface area contributed by atoms with Gasteiger partial charge in [0.15, 0.2) is 5.82 Å². The standard InChI is InChI=1S/C37H39F2N7O4/c1-3-25-28(38)7-6-22-14-23(47)15-26(30(22)25)32-31(39)33-27(17-40-32)34-44-35(43-33)50-21-37-9-5-11-46(37)18-24(16-37)49-13-8-29(48)41-19-36(4-2)20-45(34)12-10-42-36/h1,6-7,14-15,17,24,42,47H,4-5,8-13,16,18-21H2,2H3,(H,41,48)/t24-,36+,37-/m1/s1. The number of terminal acetylenes is 1. The molecule has 4 aliphatic rings. The Morgan fingerprint density at radius 3 is 2.94 bits per heavy atom.